The van der Waals surface area contributed by atoms with Gasteiger partial charge >= 0.3 is 0 Å². The van der Waals surface area contributed by atoms with Crippen molar-refractivity contribution in [2.24, 2.45) is 10.7 Å². The minimum absolute atomic E-state index is 0.172. The SMILES string of the molecule is NC(=NC1CCC(Nc2nccc(C=C3SC(=O)NC3=O)n2)CC1)c1ccco1. The number of aromatic nitrogens is 2. The molecule has 1 aliphatic carbocycles. The number of nitrogens with one attached hydrogen (secondary N) is 2. The van der Waals surface area contributed by atoms with Crippen LogP contribution in [0.15, 0.2) is 45.0 Å². The summed E-state index contributed by atoms with van der Waals surface area (Å²) in [5.74, 6) is 1.13. The molecule has 2 fully saturated rings. The second-order valence-electron chi connectivity index (χ2n) is 6.80. The van der Waals surface area contributed by atoms with E-state index in [2.05, 4.69) is 25.6 Å². The molecule has 3 heterocycles. The van der Waals surface area contributed by atoms with Crippen molar-refractivity contribution in [2.75, 3.05) is 5.32 Å². The van der Waals surface area contributed by atoms with Crippen LogP contribution >= 0.6 is 11.8 Å². The molecule has 150 valence electrons. The molecule has 2 aromatic heterocycles. The summed E-state index contributed by atoms with van der Waals surface area (Å²) in [7, 11) is 0. The van der Waals surface area contributed by atoms with Gasteiger partial charge in [-0.25, -0.2) is 9.97 Å². The first-order chi connectivity index (χ1) is 14.1. The van der Waals surface area contributed by atoms with Crippen LogP contribution < -0.4 is 16.4 Å². The minimum atomic E-state index is -0.402. The van der Waals surface area contributed by atoms with Crippen LogP contribution in [-0.2, 0) is 4.79 Å². The van der Waals surface area contributed by atoms with Gasteiger partial charge in [0.15, 0.2) is 11.6 Å². The number of nitrogens with two attached hydrogens (primary N) is 1. The third-order valence-corrected chi connectivity index (χ3v) is 5.53. The van der Waals surface area contributed by atoms with Gasteiger partial charge in [0.25, 0.3) is 11.1 Å². The van der Waals surface area contributed by atoms with E-state index in [1.165, 1.54) is 0 Å². The predicted octanol–water partition coefficient (Wildman–Crippen LogP) is 2.52. The van der Waals surface area contributed by atoms with E-state index in [-0.39, 0.29) is 17.3 Å². The van der Waals surface area contributed by atoms with E-state index >= 15 is 0 Å². The molecule has 4 rings (SSSR count). The van der Waals surface area contributed by atoms with Crippen LogP contribution in [0.1, 0.15) is 37.1 Å². The van der Waals surface area contributed by atoms with Crippen LogP contribution in [0.4, 0.5) is 10.7 Å². The summed E-state index contributed by atoms with van der Waals surface area (Å²) in [4.78, 5) is 36.5. The molecular weight excluding hydrogens is 392 g/mol. The lowest BCUT2D eigenvalue weighted by Crippen LogP contribution is -2.29. The largest absolute Gasteiger partial charge is 0.461 e. The highest BCUT2D eigenvalue weighted by molar-refractivity contribution is 8.18. The van der Waals surface area contributed by atoms with Crippen molar-refractivity contribution in [3.63, 3.8) is 0 Å². The lowest BCUT2D eigenvalue weighted by molar-refractivity contribution is -0.115. The van der Waals surface area contributed by atoms with E-state index in [1.807, 2.05) is 0 Å². The molecule has 1 saturated carbocycles. The summed E-state index contributed by atoms with van der Waals surface area (Å²) in [5.41, 5.74) is 6.56. The van der Waals surface area contributed by atoms with Gasteiger partial charge in [0.2, 0.25) is 5.95 Å². The average Bonchev–Trinajstić information content (AvgIpc) is 3.34. The van der Waals surface area contributed by atoms with Crippen LogP contribution in [0, 0.1) is 0 Å². The van der Waals surface area contributed by atoms with Gasteiger partial charge in [0.1, 0.15) is 0 Å². The highest BCUT2D eigenvalue weighted by atomic mass is 32.2. The highest BCUT2D eigenvalue weighted by Gasteiger charge is 2.25. The van der Waals surface area contributed by atoms with Gasteiger partial charge in [-0.1, -0.05) is 0 Å². The second-order valence-corrected chi connectivity index (χ2v) is 7.81. The molecule has 2 aliphatic rings. The normalized spacial score (nSPS) is 24.0. The van der Waals surface area contributed by atoms with Gasteiger partial charge in [0.05, 0.1) is 22.9 Å². The number of amides is 2. The third-order valence-electron chi connectivity index (χ3n) is 4.72. The maximum Gasteiger partial charge on any atom is 0.290 e. The highest BCUT2D eigenvalue weighted by Crippen LogP contribution is 2.26. The third kappa shape index (κ3) is 4.83. The molecule has 0 spiro atoms. The van der Waals surface area contributed by atoms with Crippen molar-refractivity contribution in [2.45, 2.75) is 37.8 Å². The van der Waals surface area contributed by atoms with Gasteiger partial charge in [-0.05, 0) is 61.7 Å². The standard InChI is InChI=1S/C19H20N6O3S/c20-16(14-2-1-9-28-14)22-11-3-5-12(6-4-11)23-18-21-8-7-13(24-18)10-15-17(26)25-19(27)29-15/h1-2,7-12H,3-6H2,(H2,20,22)(H,21,23,24)(H,25,26,27). The first-order valence-electron chi connectivity index (χ1n) is 9.28. The maximum atomic E-state index is 11.7. The van der Waals surface area contributed by atoms with Crippen molar-refractivity contribution in [1.29, 1.82) is 0 Å². The van der Waals surface area contributed by atoms with E-state index in [0.29, 0.717) is 28.1 Å². The van der Waals surface area contributed by atoms with E-state index < -0.39 is 5.91 Å². The summed E-state index contributed by atoms with van der Waals surface area (Å²) in [5, 5.41) is 5.20. The number of carbonyl (C=O) groups excluding carboxylic acids is 2. The predicted molar refractivity (Wildman–Crippen MR) is 110 cm³/mol. The zero-order chi connectivity index (χ0) is 20.2. The Hall–Kier alpha value is -3.14. The number of carbonyl (C=O) groups is 2. The zero-order valence-corrected chi connectivity index (χ0v) is 16.3. The Morgan fingerprint density at radius 2 is 2.14 bits per heavy atom. The first kappa shape index (κ1) is 19.2. The van der Waals surface area contributed by atoms with Gasteiger partial charge in [0, 0.05) is 12.2 Å². The van der Waals surface area contributed by atoms with Crippen LogP contribution in [0.25, 0.3) is 6.08 Å². The van der Waals surface area contributed by atoms with Crippen molar-refractivity contribution < 1.29 is 14.0 Å². The minimum Gasteiger partial charge on any atom is -0.461 e. The quantitative estimate of drug-likeness (QED) is 0.387. The zero-order valence-electron chi connectivity index (χ0n) is 15.5. The summed E-state index contributed by atoms with van der Waals surface area (Å²) in [6, 6.07) is 5.69. The van der Waals surface area contributed by atoms with Crippen LogP contribution in [0.2, 0.25) is 0 Å². The molecule has 2 aromatic rings. The number of hydrogen-bond donors (Lipinski definition) is 3. The number of imide groups is 1. The number of hydrogen-bond acceptors (Lipinski definition) is 8. The lowest BCUT2D eigenvalue weighted by Gasteiger charge is -2.27. The summed E-state index contributed by atoms with van der Waals surface area (Å²) < 4.78 is 5.27. The Balaban J connectivity index is 1.34. The van der Waals surface area contributed by atoms with Crippen molar-refractivity contribution in [1.82, 2.24) is 15.3 Å². The molecule has 1 saturated heterocycles. The number of furan rings is 1. The number of anilines is 1. The molecule has 2 amide bonds. The first-order valence-corrected chi connectivity index (χ1v) is 10.1. The maximum absolute atomic E-state index is 11.7. The molecule has 0 radical (unpaired) electrons. The Labute approximate surface area is 171 Å². The van der Waals surface area contributed by atoms with E-state index in [4.69, 9.17) is 10.2 Å². The number of thioether (sulfide) groups is 1. The Bertz CT molecular complexity index is 964. The molecule has 1 aliphatic heterocycles. The Kier molecular flexibility index (Phi) is 5.61. The van der Waals surface area contributed by atoms with Crippen molar-refractivity contribution >= 4 is 40.8 Å². The topological polar surface area (TPSA) is 136 Å². The fourth-order valence-corrected chi connectivity index (χ4v) is 3.96. The summed E-state index contributed by atoms with van der Waals surface area (Å²) in [6.07, 6.45) is 8.44. The Morgan fingerprint density at radius 1 is 1.31 bits per heavy atom. The van der Waals surface area contributed by atoms with Crippen LogP contribution in [0.5, 0.6) is 0 Å². The molecule has 0 atom stereocenters. The number of amidine groups is 1. The fraction of sp³-hybridized carbons (Fsp3) is 0.316. The number of nitrogens with zero attached hydrogens (tertiary/aromatic N) is 3. The van der Waals surface area contributed by atoms with E-state index in [0.717, 1.165) is 37.4 Å². The van der Waals surface area contributed by atoms with Gasteiger partial charge in [-0.3, -0.25) is 19.9 Å². The fourth-order valence-electron chi connectivity index (χ4n) is 3.29. The molecule has 4 N–H and O–H groups in total. The number of aliphatic imine (C=N–C) groups is 1. The lowest BCUT2D eigenvalue weighted by atomic mass is 9.91. The molecule has 0 aromatic carbocycles. The van der Waals surface area contributed by atoms with E-state index in [9.17, 15) is 9.59 Å². The van der Waals surface area contributed by atoms with Crippen molar-refractivity contribution in [3.8, 4) is 0 Å². The molecular formula is C19H20N6O3S. The van der Waals surface area contributed by atoms with Gasteiger partial charge in [-0.15, -0.1) is 0 Å². The molecule has 0 unspecified atom stereocenters. The summed E-state index contributed by atoms with van der Waals surface area (Å²) in [6.45, 7) is 0. The molecule has 0 bridgehead atoms. The summed E-state index contributed by atoms with van der Waals surface area (Å²) >= 11 is 0.865. The molecule has 9 nitrogen and oxygen atoms in total. The van der Waals surface area contributed by atoms with E-state index in [1.54, 1.807) is 36.7 Å². The van der Waals surface area contributed by atoms with Crippen LogP contribution in [0.3, 0.4) is 0 Å². The van der Waals surface area contributed by atoms with Crippen LogP contribution in [-0.4, -0.2) is 39.0 Å². The second kappa shape index (κ2) is 8.48. The van der Waals surface area contributed by atoms with Crippen molar-refractivity contribution in [3.05, 3.63) is 47.0 Å². The monoisotopic (exact) mass is 412 g/mol. The van der Waals surface area contributed by atoms with Gasteiger partial charge in [-0.2, -0.15) is 0 Å². The number of rotatable bonds is 5. The average molecular weight is 412 g/mol. The molecule has 10 heteroatoms. The smallest absolute Gasteiger partial charge is 0.290 e. The van der Waals surface area contributed by atoms with Gasteiger partial charge < -0.3 is 15.5 Å². The molecule has 29 heavy (non-hydrogen) atoms. The Morgan fingerprint density at radius 3 is 2.83 bits per heavy atom.